The first-order valence-corrected chi connectivity index (χ1v) is 9.85. The second-order valence-electron chi connectivity index (χ2n) is 7.09. The Labute approximate surface area is 178 Å². The normalized spacial score (nSPS) is 11.6. The van der Waals surface area contributed by atoms with E-state index in [2.05, 4.69) is 15.6 Å². The summed E-state index contributed by atoms with van der Waals surface area (Å²) >= 11 is 0. The predicted octanol–water partition coefficient (Wildman–Crippen LogP) is 4.35. The van der Waals surface area contributed by atoms with Crippen LogP contribution in [0.5, 0.6) is 0 Å². The molecule has 0 aliphatic carbocycles. The monoisotopic (exact) mass is 413 g/mol. The molecule has 0 aliphatic rings. The molecule has 5 nitrogen and oxygen atoms in total. The van der Waals surface area contributed by atoms with Gasteiger partial charge >= 0.3 is 0 Å². The number of anilines is 1. The van der Waals surface area contributed by atoms with Crippen molar-refractivity contribution < 1.29 is 14.0 Å². The third-order valence-corrected chi connectivity index (χ3v) is 4.96. The largest absolute Gasteiger partial charge is 0.340 e. The first kappa shape index (κ1) is 20.2. The van der Waals surface area contributed by atoms with Crippen LogP contribution in [0.15, 0.2) is 91.3 Å². The molecule has 4 rings (SSSR count). The van der Waals surface area contributed by atoms with Crippen LogP contribution in [0.3, 0.4) is 0 Å². The Hall–Kier alpha value is -4.06. The minimum absolute atomic E-state index is 0.107. The van der Waals surface area contributed by atoms with Crippen LogP contribution in [0, 0.1) is 5.82 Å². The molecule has 1 atom stereocenters. The lowest BCUT2D eigenvalue weighted by Gasteiger charge is -2.19. The summed E-state index contributed by atoms with van der Waals surface area (Å²) in [5.41, 5.74) is 1.38. The molecule has 2 amide bonds. The zero-order chi connectivity index (χ0) is 21.6. The fourth-order valence-electron chi connectivity index (χ4n) is 3.39. The van der Waals surface area contributed by atoms with Crippen molar-refractivity contribution in [2.24, 2.45) is 0 Å². The van der Waals surface area contributed by atoms with Crippen molar-refractivity contribution in [3.63, 3.8) is 0 Å². The van der Waals surface area contributed by atoms with Crippen molar-refractivity contribution in [1.82, 2.24) is 10.3 Å². The lowest BCUT2D eigenvalue weighted by atomic mass is 10.0. The molecule has 0 radical (unpaired) electrons. The average Bonchev–Trinajstić information content (AvgIpc) is 2.80. The Kier molecular flexibility index (Phi) is 5.98. The molecular weight excluding hydrogens is 393 g/mol. The maximum Gasteiger partial charge on any atom is 0.254 e. The van der Waals surface area contributed by atoms with E-state index >= 15 is 0 Å². The average molecular weight is 413 g/mol. The van der Waals surface area contributed by atoms with Gasteiger partial charge in [-0.1, -0.05) is 54.6 Å². The summed E-state index contributed by atoms with van der Waals surface area (Å²) in [6.45, 7) is 0. The van der Waals surface area contributed by atoms with Crippen molar-refractivity contribution in [2.45, 2.75) is 12.5 Å². The van der Waals surface area contributed by atoms with Gasteiger partial charge in [0.05, 0.1) is 5.56 Å². The molecule has 4 aromatic rings. The number of carbonyl (C=O) groups excluding carboxylic acids is 2. The highest BCUT2D eigenvalue weighted by Crippen LogP contribution is 2.22. The number of hydrogen-bond donors (Lipinski definition) is 2. The van der Waals surface area contributed by atoms with Gasteiger partial charge in [0.15, 0.2) is 0 Å². The van der Waals surface area contributed by atoms with Gasteiger partial charge in [-0.05, 0) is 29.8 Å². The molecule has 0 fully saturated rings. The van der Waals surface area contributed by atoms with Gasteiger partial charge in [0.25, 0.3) is 5.91 Å². The Balaban J connectivity index is 1.60. The molecular formula is C25H20FN3O2. The number of hydrogen-bond acceptors (Lipinski definition) is 3. The second-order valence-corrected chi connectivity index (χ2v) is 7.09. The number of rotatable bonds is 6. The van der Waals surface area contributed by atoms with Crippen molar-refractivity contribution in [1.29, 1.82) is 0 Å². The summed E-state index contributed by atoms with van der Waals surface area (Å²) in [7, 11) is 0. The first-order valence-electron chi connectivity index (χ1n) is 9.85. The third-order valence-electron chi connectivity index (χ3n) is 4.96. The van der Waals surface area contributed by atoms with E-state index in [4.69, 9.17) is 0 Å². The fourth-order valence-corrected chi connectivity index (χ4v) is 3.39. The number of pyridine rings is 1. The van der Waals surface area contributed by atoms with E-state index in [1.54, 1.807) is 24.5 Å². The van der Waals surface area contributed by atoms with Gasteiger partial charge in [-0.3, -0.25) is 14.6 Å². The van der Waals surface area contributed by atoms with E-state index in [1.807, 2.05) is 48.5 Å². The van der Waals surface area contributed by atoms with E-state index in [0.717, 1.165) is 16.3 Å². The van der Waals surface area contributed by atoms with Gasteiger partial charge in [0.1, 0.15) is 11.9 Å². The topological polar surface area (TPSA) is 71.1 Å². The summed E-state index contributed by atoms with van der Waals surface area (Å²) in [5.74, 6) is -1.67. The van der Waals surface area contributed by atoms with Crippen molar-refractivity contribution in [3.8, 4) is 0 Å². The Morgan fingerprint density at radius 2 is 1.68 bits per heavy atom. The van der Waals surface area contributed by atoms with Crippen LogP contribution in [0.25, 0.3) is 10.8 Å². The summed E-state index contributed by atoms with van der Waals surface area (Å²) < 4.78 is 14.1. The van der Waals surface area contributed by atoms with E-state index in [1.165, 1.54) is 18.2 Å². The minimum Gasteiger partial charge on any atom is -0.340 e. The number of carbonyl (C=O) groups is 2. The van der Waals surface area contributed by atoms with Crippen molar-refractivity contribution >= 4 is 28.3 Å². The Bertz CT molecular complexity index is 1220. The van der Waals surface area contributed by atoms with Crippen LogP contribution in [0.1, 0.15) is 15.9 Å². The molecule has 0 saturated heterocycles. The molecule has 2 N–H and O–H groups in total. The fraction of sp³-hybridized carbons (Fsp3) is 0.0800. The maximum atomic E-state index is 14.1. The molecule has 0 spiro atoms. The highest BCUT2D eigenvalue weighted by molar-refractivity contribution is 6.05. The number of amides is 2. The zero-order valence-electron chi connectivity index (χ0n) is 16.6. The van der Waals surface area contributed by atoms with E-state index < -0.39 is 23.7 Å². The molecule has 31 heavy (non-hydrogen) atoms. The maximum absolute atomic E-state index is 14.1. The second kappa shape index (κ2) is 9.17. The quantitative estimate of drug-likeness (QED) is 0.494. The van der Waals surface area contributed by atoms with Crippen LogP contribution in [-0.2, 0) is 11.2 Å². The van der Waals surface area contributed by atoms with E-state index in [-0.39, 0.29) is 12.0 Å². The molecule has 1 aromatic heterocycles. The van der Waals surface area contributed by atoms with Crippen LogP contribution in [0.4, 0.5) is 10.1 Å². The molecule has 0 bridgehead atoms. The summed E-state index contributed by atoms with van der Waals surface area (Å²) in [4.78, 5) is 30.0. The molecule has 6 heteroatoms. The molecule has 0 saturated carbocycles. The molecule has 1 unspecified atom stereocenters. The van der Waals surface area contributed by atoms with Crippen molar-refractivity contribution in [2.75, 3.05) is 5.32 Å². The number of halogens is 1. The first-order chi connectivity index (χ1) is 15.1. The predicted molar refractivity (Wildman–Crippen MR) is 118 cm³/mol. The highest BCUT2D eigenvalue weighted by atomic mass is 19.1. The summed E-state index contributed by atoms with van der Waals surface area (Å²) in [6, 6.07) is 21.5. The van der Waals surface area contributed by atoms with Gasteiger partial charge in [-0.15, -0.1) is 0 Å². The Morgan fingerprint density at radius 3 is 2.48 bits per heavy atom. The smallest absolute Gasteiger partial charge is 0.254 e. The number of nitrogens with zero attached hydrogens (tertiary/aromatic N) is 1. The summed E-state index contributed by atoms with van der Waals surface area (Å²) in [5, 5.41) is 7.31. The van der Waals surface area contributed by atoms with Crippen LogP contribution < -0.4 is 10.6 Å². The standard InChI is InChI=1S/C25H20FN3O2/c26-21-11-5-4-10-20(21)24(30)29-23(15-17-7-2-1-3-8-17)25(31)28-22-12-6-9-18-16-27-14-13-19(18)22/h1-14,16,23H,15H2,(H,28,31)(H,29,30). The number of aromatic nitrogens is 1. The Morgan fingerprint density at radius 1 is 0.903 bits per heavy atom. The van der Waals surface area contributed by atoms with E-state index in [0.29, 0.717) is 5.69 Å². The van der Waals surface area contributed by atoms with Gasteiger partial charge in [-0.2, -0.15) is 0 Å². The molecule has 3 aromatic carbocycles. The highest BCUT2D eigenvalue weighted by Gasteiger charge is 2.24. The lowest BCUT2D eigenvalue weighted by molar-refractivity contribution is -0.118. The van der Waals surface area contributed by atoms with Gasteiger partial charge in [0, 0.05) is 35.3 Å². The number of fused-ring (bicyclic) bond motifs is 1. The van der Waals surface area contributed by atoms with Gasteiger partial charge in [0.2, 0.25) is 5.91 Å². The molecule has 154 valence electrons. The number of benzene rings is 3. The lowest BCUT2D eigenvalue weighted by Crippen LogP contribution is -2.45. The van der Waals surface area contributed by atoms with E-state index in [9.17, 15) is 14.0 Å². The zero-order valence-corrected chi connectivity index (χ0v) is 16.6. The van der Waals surface area contributed by atoms with Crippen LogP contribution in [-0.4, -0.2) is 22.8 Å². The van der Waals surface area contributed by atoms with Gasteiger partial charge < -0.3 is 10.6 Å². The number of nitrogens with one attached hydrogen (secondary N) is 2. The van der Waals surface area contributed by atoms with Crippen molar-refractivity contribution in [3.05, 3.63) is 108 Å². The SMILES string of the molecule is O=C(NC(Cc1ccccc1)C(=O)Nc1cccc2cnccc12)c1ccccc1F. The van der Waals surface area contributed by atoms with Crippen LogP contribution >= 0.6 is 0 Å². The van der Waals surface area contributed by atoms with Gasteiger partial charge in [-0.25, -0.2) is 4.39 Å². The molecule has 1 heterocycles. The minimum atomic E-state index is -0.897. The third kappa shape index (κ3) is 4.75. The summed E-state index contributed by atoms with van der Waals surface area (Å²) in [6.07, 6.45) is 3.63. The van der Waals surface area contributed by atoms with Crippen LogP contribution in [0.2, 0.25) is 0 Å². The molecule has 0 aliphatic heterocycles.